The van der Waals surface area contributed by atoms with E-state index in [4.69, 9.17) is 31.3 Å². The molecule has 0 rings (SSSR count). The third-order valence-electron chi connectivity index (χ3n) is 2.36. The van der Waals surface area contributed by atoms with Gasteiger partial charge in [0.25, 0.3) is 0 Å². The number of carboxylic acid groups (broad SMARTS) is 2. The number of hydrogen-bond donors (Lipinski definition) is 6. The van der Waals surface area contributed by atoms with Crippen LogP contribution in [0.5, 0.6) is 0 Å². The second-order valence-electron chi connectivity index (χ2n) is 5.41. The highest BCUT2D eigenvalue weighted by Crippen LogP contribution is 2.19. The van der Waals surface area contributed by atoms with Crippen LogP contribution in [0, 0.1) is 0 Å². The molecule has 0 radical (unpaired) electrons. The lowest BCUT2D eigenvalue weighted by Crippen LogP contribution is -2.39. The number of nitrogens with two attached hydrogens (primary N) is 2. The molecule has 0 aromatic rings. The molecule has 0 fully saturated rings. The molecule has 0 aliphatic heterocycles. The fourth-order valence-corrected chi connectivity index (χ4v) is 2.69. The van der Waals surface area contributed by atoms with Gasteiger partial charge in [0.1, 0.15) is 0 Å². The van der Waals surface area contributed by atoms with Crippen LogP contribution in [-0.2, 0) is 19.2 Å². The van der Waals surface area contributed by atoms with Crippen molar-refractivity contribution in [2.24, 2.45) is 11.5 Å². The zero-order valence-corrected chi connectivity index (χ0v) is 18.4. The lowest BCUT2D eigenvalue weighted by Gasteiger charge is -2.08. The number of carbonyl (C=O) groups excluding carboxylic acids is 2. The number of hydrogen-bond acceptors (Lipinski definition) is 8. The minimum Gasteiger partial charge on any atom is -0.475 e. The van der Waals surface area contributed by atoms with Gasteiger partial charge in [0, 0.05) is 24.6 Å². The van der Waals surface area contributed by atoms with Crippen LogP contribution in [0.25, 0.3) is 0 Å². The number of carboxylic acids is 2. The van der Waals surface area contributed by atoms with Gasteiger partial charge in [-0.1, -0.05) is 21.6 Å². The molecule has 0 spiro atoms. The van der Waals surface area contributed by atoms with E-state index in [1.807, 2.05) is 0 Å². The molecule has 190 valence electrons. The van der Waals surface area contributed by atoms with Crippen LogP contribution in [0.1, 0.15) is 13.8 Å². The van der Waals surface area contributed by atoms with Gasteiger partial charge < -0.3 is 32.3 Å². The van der Waals surface area contributed by atoms with Crippen molar-refractivity contribution >= 4 is 45.3 Å². The highest BCUT2D eigenvalue weighted by molar-refractivity contribution is 8.76. The summed E-state index contributed by atoms with van der Waals surface area (Å²) in [6, 6.07) is -0.924. The van der Waals surface area contributed by atoms with Crippen LogP contribution in [0.3, 0.4) is 0 Å². The molecule has 32 heavy (non-hydrogen) atoms. The second-order valence-corrected chi connectivity index (χ2v) is 8.11. The summed E-state index contributed by atoms with van der Waals surface area (Å²) in [5.74, 6) is -4.16. The SMILES string of the molecule is C[C@H](N)C(=O)NCCSSCCNC(=O)[C@@H](C)N.O=C(O)C(F)(F)F.O=C(O)C(F)(F)F. The van der Waals surface area contributed by atoms with E-state index in [1.165, 1.54) is 0 Å². The molecule has 18 heteroatoms. The van der Waals surface area contributed by atoms with Gasteiger partial charge in [-0.15, -0.1) is 0 Å². The first-order valence-electron chi connectivity index (χ1n) is 8.25. The summed E-state index contributed by atoms with van der Waals surface area (Å²) in [5, 5.41) is 19.7. The quantitative estimate of drug-likeness (QED) is 0.142. The zero-order chi connectivity index (χ0) is 26.1. The molecule has 10 nitrogen and oxygen atoms in total. The van der Waals surface area contributed by atoms with E-state index in [1.54, 1.807) is 35.4 Å². The largest absolute Gasteiger partial charge is 0.490 e. The Morgan fingerprint density at radius 2 is 0.969 bits per heavy atom. The van der Waals surface area contributed by atoms with E-state index < -0.39 is 36.4 Å². The maximum Gasteiger partial charge on any atom is 0.490 e. The van der Waals surface area contributed by atoms with Gasteiger partial charge in [0.2, 0.25) is 11.8 Å². The Kier molecular flexibility index (Phi) is 19.1. The minimum absolute atomic E-state index is 0.134. The Labute approximate surface area is 186 Å². The Hall–Kier alpha value is -1.92. The normalized spacial score (nSPS) is 12.7. The van der Waals surface area contributed by atoms with Gasteiger partial charge in [-0.05, 0) is 13.8 Å². The Morgan fingerprint density at radius 3 is 1.12 bits per heavy atom. The van der Waals surface area contributed by atoms with Crippen LogP contribution in [0.4, 0.5) is 26.3 Å². The van der Waals surface area contributed by atoms with Crippen LogP contribution >= 0.6 is 21.6 Å². The van der Waals surface area contributed by atoms with E-state index in [9.17, 15) is 35.9 Å². The highest BCUT2D eigenvalue weighted by Gasteiger charge is 2.38. The highest BCUT2D eigenvalue weighted by atomic mass is 33.1. The number of halogens is 6. The standard InChI is InChI=1S/C10H22N4O2S2.2C2HF3O2/c1-7(11)9(15)13-3-5-17-18-6-4-14-10(16)8(2)12;2*3-2(4,5)1(6)7/h7-8H,3-6,11-12H2,1-2H3,(H,13,15)(H,14,16);2*(H,6,7)/t7-,8+;;. The third-order valence-corrected chi connectivity index (χ3v) is 4.77. The van der Waals surface area contributed by atoms with Gasteiger partial charge in [0.05, 0.1) is 12.1 Å². The van der Waals surface area contributed by atoms with Crippen molar-refractivity contribution in [1.29, 1.82) is 0 Å². The fourth-order valence-electron chi connectivity index (χ4n) is 0.872. The number of rotatable bonds is 9. The van der Waals surface area contributed by atoms with Crippen LogP contribution in [0.15, 0.2) is 0 Å². The van der Waals surface area contributed by atoms with Crippen molar-refractivity contribution in [2.45, 2.75) is 38.3 Å². The van der Waals surface area contributed by atoms with Gasteiger partial charge in [-0.25, -0.2) is 9.59 Å². The van der Waals surface area contributed by atoms with Crippen molar-refractivity contribution in [3.8, 4) is 0 Å². The molecule has 8 N–H and O–H groups in total. The monoisotopic (exact) mass is 522 g/mol. The predicted octanol–water partition coefficient (Wildman–Crippen LogP) is 0.561. The topological polar surface area (TPSA) is 185 Å². The molecular weight excluding hydrogens is 498 g/mol. The maximum atomic E-state index is 11.1. The number of aliphatic carboxylic acids is 2. The predicted molar refractivity (Wildman–Crippen MR) is 106 cm³/mol. The van der Waals surface area contributed by atoms with Crippen molar-refractivity contribution in [3.05, 3.63) is 0 Å². The summed E-state index contributed by atoms with van der Waals surface area (Å²) in [7, 11) is 3.29. The molecule has 0 aliphatic rings. The summed E-state index contributed by atoms with van der Waals surface area (Å²) in [4.78, 5) is 40.0. The third kappa shape index (κ3) is 24.4. The van der Waals surface area contributed by atoms with Crippen LogP contribution < -0.4 is 22.1 Å². The van der Waals surface area contributed by atoms with Gasteiger partial charge in [0.15, 0.2) is 0 Å². The summed E-state index contributed by atoms with van der Waals surface area (Å²) in [6.07, 6.45) is -10.2. The number of alkyl halides is 6. The average molecular weight is 522 g/mol. The maximum absolute atomic E-state index is 11.1. The summed E-state index contributed by atoms with van der Waals surface area (Å²) < 4.78 is 63.5. The Balaban J connectivity index is -0.000000491. The number of amides is 2. The molecule has 0 aromatic heterocycles. The van der Waals surface area contributed by atoms with Crippen molar-refractivity contribution in [3.63, 3.8) is 0 Å². The lowest BCUT2D eigenvalue weighted by atomic mass is 10.3. The lowest BCUT2D eigenvalue weighted by molar-refractivity contribution is -0.193. The molecule has 0 bridgehead atoms. The van der Waals surface area contributed by atoms with Crippen LogP contribution in [-0.4, -0.2) is 83.0 Å². The van der Waals surface area contributed by atoms with E-state index in [0.717, 1.165) is 11.5 Å². The molecule has 2 amide bonds. The van der Waals surface area contributed by atoms with Crippen molar-refractivity contribution in [1.82, 2.24) is 10.6 Å². The molecule has 0 saturated carbocycles. The summed E-state index contributed by atoms with van der Waals surface area (Å²) in [5.41, 5.74) is 10.8. The fraction of sp³-hybridized carbons (Fsp3) is 0.714. The van der Waals surface area contributed by atoms with E-state index in [0.29, 0.717) is 13.1 Å². The molecule has 0 aromatic carbocycles. The number of carbonyl (C=O) groups is 4. The number of nitrogens with one attached hydrogen (secondary N) is 2. The van der Waals surface area contributed by atoms with E-state index in [2.05, 4.69) is 10.6 Å². The van der Waals surface area contributed by atoms with Crippen molar-refractivity contribution in [2.75, 3.05) is 24.6 Å². The first-order valence-corrected chi connectivity index (χ1v) is 10.7. The van der Waals surface area contributed by atoms with E-state index in [-0.39, 0.29) is 11.8 Å². The first-order chi connectivity index (χ1) is 14.3. The molecular formula is C14H24F6N4O6S2. The van der Waals surface area contributed by atoms with Crippen LogP contribution in [0.2, 0.25) is 0 Å². The van der Waals surface area contributed by atoms with E-state index >= 15 is 0 Å². The smallest absolute Gasteiger partial charge is 0.475 e. The molecule has 0 saturated heterocycles. The first kappa shape index (κ1) is 34.7. The Bertz CT molecular complexity index is 541. The van der Waals surface area contributed by atoms with Crippen molar-refractivity contribution < 1.29 is 55.7 Å². The molecule has 2 atom stereocenters. The molecule has 0 unspecified atom stereocenters. The minimum atomic E-state index is -5.08. The summed E-state index contributed by atoms with van der Waals surface area (Å²) in [6.45, 7) is 4.51. The molecule has 0 aliphatic carbocycles. The summed E-state index contributed by atoms with van der Waals surface area (Å²) >= 11 is 0. The average Bonchev–Trinajstić information content (AvgIpc) is 2.62. The van der Waals surface area contributed by atoms with Gasteiger partial charge in [-0.3, -0.25) is 9.59 Å². The van der Waals surface area contributed by atoms with Gasteiger partial charge >= 0.3 is 24.3 Å². The van der Waals surface area contributed by atoms with Gasteiger partial charge in [-0.2, -0.15) is 26.3 Å². The zero-order valence-electron chi connectivity index (χ0n) is 16.7. The Morgan fingerprint density at radius 1 is 0.750 bits per heavy atom. The second kappa shape index (κ2) is 17.6. The molecule has 0 heterocycles.